The van der Waals surface area contributed by atoms with Crippen LogP contribution in [0.1, 0.15) is 42.6 Å². The van der Waals surface area contributed by atoms with Crippen LogP contribution in [0.15, 0.2) is 28.8 Å². The number of hydrogen-bond acceptors (Lipinski definition) is 6. The van der Waals surface area contributed by atoms with Crippen molar-refractivity contribution in [2.75, 3.05) is 24.2 Å². The van der Waals surface area contributed by atoms with E-state index in [0.717, 1.165) is 18.5 Å². The monoisotopic (exact) mass is 390 g/mol. The number of hydrogen-bond donors (Lipinski definition) is 0. The quantitative estimate of drug-likeness (QED) is 0.771. The molecule has 1 aromatic carbocycles. The molecule has 1 atom stereocenters. The molecule has 3 heterocycles. The molecular weight excluding hydrogens is 368 g/mol. The average Bonchev–Trinajstić information content (AvgIpc) is 3.36. The first kappa shape index (κ1) is 18.1. The van der Waals surface area contributed by atoms with Gasteiger partial charge in [-0.25, -0.2) is 8.42 Å². The van der Waals surface area contributed by atoms with Crippen molar-refractivity contribution in [1.29, 1.82) is 0 Å². The van der Waals surface area contributed by atoms with Gasteiger partial charge < -0.3 is 9.42 Å². The zero-order chi connectivity index (χ0) is 19.0. The van der Waals surface area contributed by atoms with Gasteiger partial charge in [0.25, 0.3) is 0 Å². The molecule has 0 radical (unpaired) electrons. The van der Waals surface area contributed by atoms with E-state index in [9.17, 15) is 13.2 Å². The van der Waals surface area contributed by atoms with Crippen molar-refractivity contribution in [2.45, 2.75) is 38.1 Å². The van der Waals surface area contributed by atoms with Gasteiger partial charge in [-0.15, -0.1) is 0 Å². The first-order valence-electron chi connectivity index (χ1n) is 9.11. The highest BCUT2D eigenvalue weighted by Crippen LogP contribution is 2.32. The van der Waals surface area contributed by atoms with Crippen molar-refractivity contribution in [2.24, 2.45) is 0 Å². The average molecular weight is 390 g/mol. The van der Waals surface area contributed by atoms with Crippen LogP contribution in [0.4, 0.5) is 5.69 Å². The molecule has 0 saturated carbocycles. The van der Waals surface area contributed by atoms with Crippen LogP contribution >= 0.6 is 0 Å². The normalized spacial score (nSPS) is 20.2. The Bertz CT molecular complexity index is 956. The fraction of sp³-hybridized carbons (Fsp3) is 0.500. The zero-order valence-corrected chi connectivity index (χ0v) is 16.0. The smallest absolute Gasteiger partial charge is 0.227 e. The standard InChI is InChI=1S/C18H22N4O4S/c1-27(24,25)22-11-4-7-15(22)18-19-16(26-20-18)8-9-17(23)21-12-10-13-5-2-3-6-14(13)21/h2-3,5-6,15H,4,7-12H2,1H3. The Hall–Kier alpha value is -2.26. The second-order valence-corrected chi connectivity index (χ2v) is 8.94. The summed E-state index contributed by atoms with van der Waals surface area (Å²) in [6.45, 7) is 1.17. The van der Waals surface area contributed by atoms with Crippen LogP contribution < -0.4 is 4.90 Å². The number of benzene rings is 1. The molecule has 0 aliphatic carbocycles. The van der Waals surface area contributed by atoms with Crippen LogP contribution in [0.25, 0.3) is 0 Å². The minimum Gasteiger partial charge on any atom is -0.339 e. The maximum atomic E-state index is 12.6. The van der Waals surface area contributed by atoms with Crippen molar-refractivity contribution in [3.63, 3.8) is 0 Å². The summed E-state index contributed by atoms with van der Waals surface area (Å²) in [6, 6.07) is 7.55. The van der Waals surface area contributed by atoms with Gasteiger partial charge in [-0.3, -0.25) is 4.79 Å². The number of aromatic nitrogens is 2. The Morgan fingerprint density at radius 3 is 2.93 bits per heavy atom. The molecule has 144 valence electrons. The molecule has 1 amide bonds. The van der Waals surface area contributed by atoms with E-state index >= 15 is 0 Å². The van der Waals surface area contributed by atoms with Gasteiger partial charge in [0.15, 0.2) is 5.82 Å². The number of amides is 1. The van der Waals surface area contributed by atoms with Crippen LogP contribution in [-0.2, 0) is 27.7 Å². The van der Waals surface area contributed by atoms with Crippen LogP contribution in [-0.4, -0.2) is 48.1 Å². The van der Waals surface area contributed by atoms with Crippen molar-refractivity contribution >= 4 is 21.6 Å². The number of fused-ring (bicyclic) bond motifs is 1. The molecule has 0 N–H and O–H groups in total. The van der Waals surface area contributed by atoms with Gasteiger partial charge in [-0.1, -0.05) is 23.4 Å². The molecule has 1 saturated heterocycles. The summed E-state index contributed by atoms with van der Waals surface area (Å²) in [4.78, 5) is 18.7. The first-order chi connectivity index (χ1) is 12.9. The highest BCUT2D eigenvalue weighted by molar-refractivity contribution is 7.88. The number of sulfonamides is 1. The van der Waals surface area contributed by atoms with Gasteiger partial charge in [-0.2, -0.15) is 9.29 Å². The Balaban J connectivity index is 1.40. The summed E-state index contributed by atoms with van der Waals surface area (Å²) < 4.78 is 30.4. The van der Waals surface area contributed by atoms with Crippen molar-refractivity contribution in [1.82, 2.24) is 14.4 Å². The second-order valence-electron chi connectivity index (χ2n) is 7.00. The molecule has 2 aliphatic rings. The maximum absolute atomic E-state index is 12.6. The van der Waals surface area contributed by atoms with E-state index in [1.54, 1.807) is 4.90 Å². The highest BCUT2D eigenvalue weighted by atomic mass is 32.2. The molecule has 2 aromatic rings. The molecule has 2 aliphatic heterocycles. The summed E-state index contributed by atoms with van der Waals surface area (Å²) in [7, 11) is -3.30. The highest BCUT2D eigenvalue weighted by Gasteiger charge is 2.35. The lowest BCUT2D eigenvalue weighted by atomic mass is 10.2. The van der Waals surface area contributed by atoms with Crippen LogP contribution in [0, 0.1) is 0 Å². The zero-order valence-electron chi connectivity index (χ0n) is 15.2. The lowest BCUT2D eigenvalue weighted by Crippen LogP contribution is -2.30. The number of rotatable bonds is 5. The summed E-state index contributed by atoms with van der Waals surface area (Å²) in [6.07, 6.45) is 4.13. The molecule has 1 aromatic heterocycles. The SMILES string of the molecule is CS(=O)(=O)N1CCCC1c1noc(CCC(=O)N2CCc3ccccc32)n1. The number of para-hydroxylation sites is 1. The third-order valence-corrected chi connectivity index (χ3v) is 6.44. The minimum absolute atomic E-state index is 0.0262. The van der Waals surface area contributed by atoms with E-state index in [1.165, 1.54) is 16.1 Å². The van der Waals surface area contributed by atoms with Crippen LogP contribution in [0.5, 0.6) is 0 Å². The number of carbonyl (C=O) groups is 1. The number of nitrogens with zero attached hydrogens (tertiary/aromatic N) is 4. The van der Waals surface area contributed by atoms with E-state index in [-0.39, 0.29) is 18.4 Å². The fourth-order valence-electron chi connectivity index (χ4n) is 3.85. The molecule has 0 bridgehead atoms. The summed E-state index contributed by atoms with van der Waals surface area (Å²) in [5, 5.41) is 3.96. The summed E-state index contributed by atoms with van der Waals surface area (Å²) >= 11 is 0. The van der Waals surface area contributed by atoms with Gasteiger partial charge >= 0.3 is 0 Å². The lowest BCUT2D eigenvalue weighted by Gasteiger charge is -2.18. The molecule has 9 heteroatoms. The Morgan fingerprint density at radius 1 is 1.30 bits per heavy atom. The third-order valence-electron chi connectivity index (χ3n) is 5.15. The van der Waals surface area contributed by atoms with Crippen LogP contribution in [0.2, 0.25) is 0 Å². The van der Waals surface area contributed by atoms with Gasteiger partial charge in [0.1, 0.15) is 0 Å². The maximum Gasteiger partial charge on any atom is 0.227 e. The van der Waals surface area contributed by atoms with Crippen molar-refractivity contribution in [3.05, 3.63) is 41.5 Å². The molecular formula is C18H22N4O4S. The largest absolute Gasteiger partial charge is 0.339 e. The minimum atomic E-state index is -3.30. The third kappa shape index (κ3) is 3.61. The Kier molecular flexibility index (Phi) is 4.73. The second kappa shape index (κ2) is 7.05. The van der Waals surface area contributed by atoms with Gasteiger partial charge in [0.05, 0.1) is 12.3 Å². The Labute approximate surface area is 158 Å². The molecule has 1 fully saturated rings. The van der Waals surface area contributed by atoms with Gasteiger partial charge in [-0.05, 0) is 30.9 Å². The van der Waals surface area contributed by atoms with Gasteiger partial charge in [0.2, 0.25) is 21.8 Å². The van der Waals surface area contributed by atoms with Crippen molar-refractivity contribution in [3.8, 4) is 0 Å². The molecule has 27 heavy (non-hydrogen) atoms. The van der Waals surface area contributed by atoms with E-state index in [0.29, 0.717) is 37.6 Å². The van der Waals surface area contributed by atoms with E-state index in [1.807, 2.05) is 24.3 Å². The fourth-order valence-corrected chi connectivity index (χ4v) is 4.97. The predicted octanol–water partition coefficient (Wildman–Crippen LogP) is 1.69. The molecule has 1 unspecified atom stereocenters. The number of aryl methyl sites for hydroxylation is 1. The molecule has 4 rings (SSSR count). The number of anilines is 1. The molecule has 0 spiro atoms. The summed E-state index contributed by atoms with van der Waals surface area (Å²) in [5.41, 5.74) is 2.16. The summed E-state index contributed by atoms with van der Waals surface area (Å²) in [5.74, 6) is 0.774. The topological polar surface area (TPSA) is 96.6 Å². The van der Waals surface area contributed by atoms with Gasteiger partial charge in [0, 0.05) is 31.6 Å². The predicted molar refractivity (Wildman–Crippen MR) is 98.6 cm³/mol. The van der Waals surface area contributed by atoms with E-state index < -0.39 is 10.0 Å². The number of carbonyl (C=O) groups excluding carboxylic acids is 1. The van der Waals surface area contributed by atoms with Crippen molar-refractivity contribution < 1.29 is 17.7 Å². The Morgan fingerprint density at radius 2 is 2.11 bits per heavy atom. The molecule has 8 nitrogen and oxygen atoms in total. The first-order valence-corrected chi connectivity index (χ1v) is 11.0. The van der Waals surface area contributed by atoms with Crippen LogP contribution in [0.3, 0.4) is 0 Å². The van der Waals surface area contributed by atoms with E-state index in [4.69, 9.17) is 4.52 Å². The lowest BCUT2D eigenvalue weighted by molar-refractivity contribution is -0.118. The van der Waals surface area contributed by atoms with E-state index in [2.05, 4.69) is 10.1 Å².